The van der Waals surface area contributed by atoms with Crippen LogP contribution >= 0.6 is 0 Å². The number of nitrogens with one attached hydrogen (secondary N) is 1. The Kier molecular flexibility index (Phi) is 8.59. The van der Waals surface area contributed by atoms with Crippen molar-refractivity contribution in [3.63, 3.8) is 0 Å². The highest BCUT2D eigenvalue weighted by Gasteiger charge is 2.41. The maximum atomic E-state index is 12.8. The number of aliphatic imine (C=N–C) groups is 1. The van der Waals surface area contributed by atoms with Gasteiger partial charge in [0.1, 0.15) is 18.5 Å². The number of carbonyl (C=O) groups excluding carboxylic acids is 3. The molecular formula is C24H33N5O4. The van der Waals surface area contributed by atoms with Crippen LogP contribution in [0.25, 0.3) is 0 Å². The number of hydrogen-bond donors (Lipinski definition) is 3. The van der Waals surface area contributed by atoms with Gasteiger partial charge in [-0.15, -0.1) is 0 Å². The summed E-state index contributed by atoms with van der Waals surface area (Å²) in [5, 5.41) is 2.89. The Morgan fingerprint density at radius 2 is 1.88 bits per heavy atom. The first-order valence-corrected chi connectivity index (χ1v) is 11.5. The van der Waals surface area contributed by atoms with Crippen molar-refractivity contribution >= 4 is 23.7 Å². The first kappa shape index (κ1) is 24.4. The molecular weight excluding hydrogens is 422 g/mol. The molecule has 1 aromatic rings. The zero-order valence-electron chi connectivity index (χ0n) is 18.9. The summed E-state index contributed by atoms with van der Waals surface area (Å²) < 4.78 is 4.78. The number of benzene rings is 1. The molecule has 1 saturated carbocycles. The van der Waals surface area contributed by atoms with E-state index in [9.17, 15) is 14.4 Å². The Hall–Kier alpha value is -3.20. The second-order valence-corrected chi connectivity index (χ2v) is 8.54. The average Bonchev–Trinajstić information content (AvgIpc) is 2.81. The summed E-state index contributed by atoms with van der Waals surface area (Å²) in [5.74, 6) is -0.0361. The number of nitrogens with zero attached hydrogens (tertiary/aromatic N) is 2. The van der Waals surface area contributed by atoms with Gasteiger partial charge in [0.15, 0.2) is 0 Å². The van der Waals surface area contributed by atoms with Gasteiger partial charge < -0.3 is 26.4 Å². The third-order valence-corrected chi connectivity index (χ3v) is 6.30. The quantitative estimate of drug-likeness (QED) is 0.310. The number of likely N-dealkylation sites (tertiary alicyclic amines) is 1. The molecule has 178 valence electrons. The van der Waals surface area contributed by atoms with Crippen molar-refractivity contribution in [2.75, 3.05) is 13.2 Å². The van der Waals surface area contributed by atoms with Gasteiger partial charge in [0.05, 0.1) is 6.04 Å². The summed E-state index contributed by atoms with van der Waals surface area (Å²) in [5.41, 5.74) is 13.5. The molecule has 9 heteroatoms. The topological polar surface area (TPSA) is 140 Å². The zero-order valence-corrected chi connectivity index (χ0v) is 18.9. The van der Waals surface area contributed by atoms with E-state index in [0.29, 0.717) is 25.1 Å². The highest BCUT2D eigenvalue weighted by molar-refractivity contribution is 6.02. The smallest absolute Gasteiger partial charge is 0.435 e. The minimum absolute atomic E-state index is 0.0394. The molecule has 2 atom stereocenters. The maximum absolute atomic E-state index is 12.8. The van der Waals surface area contributed by atoms with Crippen molar-refractivity contribution < 1.29 is 19.1 Å². The van der Waals surface area contributed by atoms with Gasteiger partial charge in [-0.05, 0) is 30.7 Å². The van der Waals surface area contributed by atoms with E-state index < -0.39 is 18.2 Å². The van der Waals surface area contributed by atoms with Crippen molar-refractivity contribution in [1.82, 2.24) is 10.2 Å². The lowest BCUT2D eigenvalue weighted by Crippen LogP contribution is -2.62. The van der Waals surface area contributed by atoms with E-state index in [4.69, 9.17) is 16.2 Å². The standard InChI is InChI=1S/C24H33N5O4/c1-2-14-33-24(32)28-21(26)18-10-8-16(9-11-18)15-27-22(30)19-12-13-29(19)23(31)20(25)17-6-4-3-5-7-17/h2,8-11,17,19-20H,1,3-7,12-15,25H2,(H,27,30)(H2,26,28,32)/t19-,20+/m0/s1. The molecule has 1 aromatic carbocycles. The van der Waals surface area contributed by atoms with Crippen LogP contribution in [0.3, 0.4) is 0 Å². The molecule has 2 aliphatic rings. The van der Waals surface area contributed by atoms with Crippen molar-refractivity contribution in [3.8, 4) is 0 Å². The van der Waals surface area contributed by atoms with Crippen LogP contribution in [0, 0.1) is 5.92 Å². The van der Waals surface area contributed by atoms with E-state index in [2.05, 4.69) is 16.9 Å². The number of carbonyl (C=O) groups is 3. The molecule has 0 spiro atoms. The average molecular weight is 456 g/mol. The molecule has 0 radical (unpaired) electrons. The molecule has 3 rings (SSSR count). The van der Waals surface area contributed by atoms with Crippen LogP contribution in [0.15, 0.2) is 41.9 Å². The Morgan fingerprint density at radius 1 is 1.18 bits per heavy atom. The van der Waals surface area contributed by atoms with Crippen LogP contribution in [-0.2, 0) is 20.9 Å². The zero-order chi connectivity index (χ0) is 23.8. The number of amidine groups is 1. The predicted octanol–water partition coefficient (Wildman–Crippen LogP) is 1.84. The summed E-state index contributed by atoms with van der Waals surface area (Å²) in [4.78, 5) is 42.3. The summed E-state index contributed by atoms with van der Waals surface area (Å²) in [7, 11) is 0. The fourth-order valence-electron chi connectivity index (χ4n) is 4.24. The lowest BCUT2D eigenvalue weighted by Gasteiger charge is -2.42. The molecule has 5 N–H and O–H groups in total. The Bertz CT molecular complexity index is 893. The maximum Gasteiger partial charge on any atom is 0.435 e. The van der Waals surface area contributed by atoms with E-state index in [0.717, 1.165) is 31.2 Å². The van der Waals surface area contributed by atoms with Gasteiger partial charge >= 0.3 is 6.09 Å². The largest absolute Gasteiger partial charge is 0.444 e. The van der Waals surface area contributed by atoms with Crippen molar-refractivity contribution in [1.29, 1.82) is 0 Å². The summed E-state index contributed by atoms with van der Waals surface area (Å²) in [6.07, 6.45) is 6.70. The number of rotatable bonds is 8. The first-order valence-electron chi connectivity index (χ1n) is 11.5. The van der Waals surface area contributed by atoms with Gasteiger partial charge in [-0.1, -0.05) is 56.2 Å². The van der Waals surface area contributed by atoms with E-state index in [1.807, 2.05) is 0 Å². The third kappa shape index (κ3) is 6.41. The first-order chi connectivity index (χ1) is 15.9. The fourth-order valence-corrected chi connectivity index (χ4v) is 4.24. The number of hydrogen-bond acceptors (Lipinski definition) is 5. The molecule has 2 fully saturated rings. The molecule has 3 amide bonds. The van der Waals surface area contributed by atoms with E-state index in [-0.39, 0.29) is 30.2 Å². The summed E-state index contributed by atoms with van der Waals surface area (Å²) >= 11 is 0. The normalized spacial score (nSPS) is 19.8. The molecule has 0 unspecified atom stereocenters. The molecule has 33 heavy (non-hydrogen) atoms. The van der Waals surface area contributed by atoms with Crippen LogP contribution in [0.2, 0.25) is 0 Å². The molecule has 1 saturated heterocycles. The lowest BCUT2D eigenvalue weighted by atomic mass is 9.83. The fraction of sp³-hybridized carbons (Fsp3) is 0.500. The number of ether oxygens (including phenoxy) is 1. The Balaban J connectivity index is 1.49. The Labute approximate surface area is 194 Å². The molecule has 1 heterocycles. The molecule has 0 bridgehead atoms. The minimum Gasteiger partial charge on any atom is -0.444 e. The van der Waals surface area contributed by atoms with Crippen LogP contribution in [-0.4, -0.2) is 53.9 Å². The van der Waals surface area contributed by atoms with Crippen molar-refractivity contribution in [2.24, 2.45) is 22.4 Å². The minimum atomic E-state index is -0.786. The van der Waals surface area contributed by atoms with Crippen LogP contribution in [0.4, 0.5) is 4.79 Å². The Morgan fingerprint density at radius 3 is 2.48 bits per heavy atom. The highest BCUT2D eigenvalue weighted by atomic mass is 16.5. The van der Waals surface area contributed by atoms with Gasteiger partial charge in [-0.2, -0.15) is 4.99 Å². The molecule has 0 aromatic heterocycles. The highest BCUT2D eigenvalue weighted by Crippen LogP contribution is 2.28. The van der Waals surface area contributed by atoms with Gasteiger partial charge in [-0.25, -0.2) is 4.79 Å². The summed E-state index contributed by atoms with van der Waals surface area (Å²) in [6, 6.07) is 6.02. The van der Waals surface area contributed by atoms with E-state index in [1.54, 1.807) is 29.2 Å². The number of amides is 3. The lowest BCUT2D eigenvalue weighted by molar-refractivity contribution is -0.149. The van der Waals surface area contributed by atoms with E-state index in [1.165, 1.54) is 12.5 Å². The molecule has 1 aliphatic carbocycles. The molecule has 9 nitrogen and oxygen atoms in total. The molecule has 1 aliphatic heterocycles. The van der Waals surface area contributed by atoms with Crippen molar-refractivity contribution in [2.45, 2.75) is 57.2 Å². The third-order valence-electron chi connectivity index (χ3n) is 6.30. The number of nitrogens with two attached hydrogens (primary N) is 2. The second kappa shape index (κ2) is 11.6. The van der Waals surface area contributed by atoms with Gasteiger partial charge in [0, 0.05) is 18.7 Å². The van der Waals surface area contributed by atoms with Gasteiger partial charge in [-0.3, -0.25) is 9.59 Å². The van der Waals surface area contributed by atoms with Gasteiger partial charge in [0.2, 0.25) is 11.8 Å². The SMILES string of the molecule is C=CCOC(=O)/N=C(\N)c1ccc(CNC(=O)[C@@H]2CCN2C(=O)[C@H](N)C2CCCCC2)cc1. The van der Waals surface area contributed by atoms with E-state index >= 15 is 0 Å². The van der Waals surface area contributed by atoms with Crippen LogP contribution in [0.1, 0.15) is 49.7 Å². The summed E-state index contributed by atoms with van der Waals surface area (Å²) in [6.45, 7) is 4.40. The predicted molar refractivity (Wildman–Crippen MR) is 125 cm³/mol. The van der Waals surface area contributed by atoms with Gasteiger partial charge in [0.25, 0.3) is 0 Å². The van der Waals surface area contributed by atoms with Crippen LogP contribution in [0.5, 0.6) is 0 Å². The van der Waals surface area contributed by atoms with Crippen LogP contribution < -0.4 is 16.8 Å². The monoisotopic (exact) mass is 455 g/mol. The van der Waals surface area contributed by atoms with Crippen molar-refractivity contribution in [3.05, 3.63) is 48.0 Å². The second-order valence-electron chi connectivity index (χ2n) is 8.54.